The van der Waals surface area contributed by atoms with Crippen LogP contribution in [0.1, 0.15) is 13.8 Å². The monoisotopic (exact) mass is 201 g/mol. The minimum absolute atomic E-state index is 0.249. The van der Waals surface area contributed by atoms with Gasteiger partial charge >= 0.3 is 5.97 Å². The molecule has 0 spiro atoms. The van der Waals surface area contributed by atoms with Gasteiger partial charge in [-0.05, 0) is 19.9 Å². The Morgan fingerprint density at radius 1 is 1.43 bits per heavy atom. The number of hydrogen-bond acceptors (Lipinski definition) is 4. The number of rotatable bonds is 5. The smallest absolute Gasteiger partial charge is 0.356 e. The van der Waals surface area contributed by atoms with Crippen LogP contribution in [0.25, 0.3) is 0 Å². The lowest BCUT2D eigenvalue weighted by atomic mass is 10.4. The number of amides is 1. The van der Waals surface area contributed by atoms with Crippen molar-refractivity contribution >= 4 is 11.9 Å². The van der Waals surface area contributed by atoms with Gasteiger partial charge in [0.15, 0.2) is 0 Å². The highest BCUT2D eigenvalue weighted by molar-refractivity contribution is 5.90. The maximum atomic E-state index is 11.2. The van der Waals surface area contributed by atoms with Crippen molar-refractivity contribution in [2.24, 2.45) is 0 Å². The van der Waals surface area contributed by atoms with E-state index in [1.54, 1.807) is 13.8 Å². The number of hydrogen-bond donors (Lipinski definition) is 1. The van der Waals surface area contributed by atoms with E-state index in [1.807, 2.05) is 0 Å². The van der Waals surface area contributed by atoms with Crippen molar-refractivity contribution in [3.8, 4) is 0 Å². The molecule has 1 amide bonds. The average Bonchev–Trinajstić information content (AvgIpc) is 2.12. The van der Waals surface area contributed by atoms with Crippen LogP contribution in [0.4, 0.5) is 0 Å². The molecule has 14 heavy (non-hydrogen) atoms. The lowest BCUT2D eigenvalue weighted by molar-refractivity contribution is -0.162. The molecule has 0 saturated heterocycles. The molecule has 0 aliphatic rings. The van der Waals surface area contributed by atoms with E-state index in [0.717, 1.165) is 6.08 Å². The number of esters is 1. The second-order valence-corrected chi connectivity index (χ2v) is 2.81. The zero-order chi connectivity index (χ0) is 11.1. The van der Waals surface area contributed by atoms with Crippen LogP contribution in [-0.2, 0) is 19.1 Å². The predicted octanol–water partition coefficient (Wildman–Crippen LogP) is 0.213. The van der Waals surface area contributed by atoms with Gasteiger partial charge in [0.25, 0.3) is 0 Å². The van der Waals surface area contributed by atoms with Crippen LogP contribution in [0.5, 0.6) is 0 Å². The molecule has 5 heteroatoms. The predicted molar refractivity (Wildman–Crippen MR) is 50.4 cm³/mol. The molecule has 1 N–H and O–H groups in total. The van der Waals surface area contributed by atoms with Crippen LogP contribution < -0.4 is 5.32 Å². The van der Waals surface area contributed by atoms with E-state index in [1.165, 1.54) is 7.11 Å². The highest BCUT2D eigenvalue weighted by atomic mass is 16.6. The second-order valence-electron chi connectivity index (χ2n) is 2.81. The quantitative estimate of drug-likeness (QED) is 0.392. The van der Waals surface area contributed by atoms with Crippen LogP contribution in [-0.4, -0.2) is 31.3 Å². The van der Waals surface area contributed by atoms with Crippen molar-refractivity contribution < 1.29 is 19.1 Å². The minimum Gasteiger partial charge on any atom is -0.460 e. The van der Waals surface area contributed by atoms with E-state index >= 15 is 0 Å². The van der Waals surface area contributed by atoms with E-state index in [9.17, 15) is 9.59 Å². The molecule has 80 valence electrons. The zero-order valence-corrected chi connectivity index (χ0v) is 8.57. The SMILES string of the molecule is C=CC(=O)NC(OC)C(=O)OC(C)C. The molecule has 0 aliphatic heterocycles. The first kappa shape index (κ1) is 12.6. The van der Waals surface area contributed by atoms with Crippen LogP contribution in [0, 0.1) is 0 Å². The Hall–Kier alpha value is -1.36. The van der Waals surface area contributed by atoms with Crippen molar-refractivity contribution in [1.29, 1.82) is 0 Å². The molecule has 0 radical (unpaired) electrons. The molecule has 0 fully saturated rings. The molecule has 5 nitrogen and oxygen atoms in total. The van der Waals surface area contributed by atoms with E-state index < -0.39 is 18.1 Å². The van der Waals surface area contributed by atoms with E-state index in [-0.39, 0.29) is 6.10 Å². The van der Waals surface area contributed by atoms with Gasteiger partial charge in [0.2, 0.25) is 12.1 Å². The van der Waals surface area contributed by atoms with Gasteiger partial charge in [0.05, 0.1) is 6.10 Å². The van der Waals surface area contributed by atoms with Crippen LogP contribution in [0.3, 0.4) is 0 Å². The van der Waals surface area contributed by atoms with Gasteiger partial charge in [0.1, 0.15) is 0 Å². The lowest BCUT2D eigenvalue weighted by Crippen LogP contribution is -2.43. The van der Waals surface area contributed by atoms with Gasteiger partial charge in [-0.25, -0.2) is 4.79 Å². The summed E-state index contributed by atoms with van der Waals surface area (Å²) in [6.07, 6.45) is -0.280. The third-order valence-corrected chi connectivity index (χ3v) is 1.26. The summed E-state index contributed by atoms with van der Waals surface area (Å²) >= 11 is 0. The minimum atomic E-state index is -1.08. The fourth-order valence-corrected chi connectivity index (χ4v) is 0.696. The van der Waals surface area contributed by atoms with Crippen molar-refractivity contribution in [2.45, 2.75) is 26.2 Å². The molecule has 0 bridgehead atoms. The standard InChI is InChI=1S/C9H15NO4/c1-5-7(11)10-8(13-4)9(12)14-6(2)3/h5-6,8H,1H2,2-4H3,(H,10,11). The molecule has 0 aromatic rings. The van der Waals surface area contributed by atoms with Crippen LogP contribution >= 0.6 is 0 Å². The largest absolute Gasteiger partial charge is 0.460 e. The first-order valence-electron chi connectivity index (χ1n) is 4.17. The van der Waals surface area contributed by atoms with E-state index in [4.69, 9.17) is 9.47 Å². The maximum Gasteiger partial charge on any atom is 0.356 e. The molecular weight excluding hydrogens is 186 g/mol. The van der Waals surface area contributed by atoms with Crippen LogP contribution in [0.15, 0.2) is 12.7 Å². The Kier molecular flexibility index (Phi) is 5.55. The third-order valence-electron chi connectivity index (χ3n) is 1.26. The molecule has 0 rings (SSSR count). The van der Waals surface area contributed by atoms with E-state index in [2.05, 4.69) is 11.9 Å². The Morgan fingerprint density at radius 3 is 2.36 bits per heavy atom. The zero-order valence-electron chi connectivity index (χ0n) is 8.57. The summed E-state index contributed by atoms with van der Waals surface area (Å²) in [7, 11) is 1.30. The fourth-order valence-electron chi connectivity index (χ4n) is 0.696. The molecule has 0 aromatic heterocycles. The summed E-state index contributed by atoms with van der Waals surface area (Å²) in [4.78, 5) is 22.1. The third kappa shape index (κ3) is 4.61. The van der Waals surface area contributed by atoms with Gasteiger partial charge in [0, 0.05) is 7.11 Å². The first-order chi connectivity index (χ1) is 6.51. The van der Waals surface area contributed by atoms with Crippen LogP contribution in [0.2, 0.25) is 0 Å². The summed E-state index contributed by atoms with van der Waals surface area (Å²) in [6, 6.07) is 0. The molecule has 1 atom stereocenters. The Bertz CT molecular complexity index is 225. The molecule has 1 unspecified atom stereocenters. The topological polar surface area (TPSA) is 64.6 Å². The van der Waals surface area contributed by atoms with Gasteiger partial charge < -0.3 is 14.8 Å². The van der Waals surface area contributed by atoms with Crippen molar-refractivity contribution in [1.82, 2.24) is 5.32 Å². The highest BCUT2D eigenvalue weighted by Crippen LogP contribution is 1.95. The van der Waals surface area contributed by atoms with Gasteiger partial charge in [-0.1, -0.05) is 6.58 Å². The summed E-state index contributed by atoms with van der Waals surface area (Å²) in [5.74, 6) is -1.12. The Labute approximate surface area is 83.1 Å². The van der Waals surface area contributed by atoms with Gasteiger partial charge in [-0.3, -0.25) is 4.79 Å². The molecule has 0 heterocycles. The first-order valence-corrected chi connectivity index (χ1v) is 4.17. The summed E-state index contributed by atoms with van der Waals surface area (Å²) < 4.78 is 9.57. The number of nitrogens with one attached hydrogen (secondary N) is 1. The number of ether oxygens (including phenoxy) is 2. The fraction of sp³-hybridized carbons (Fsp3) is 0.556. The Morgan fingerprint density at radius 2 is 2.00 bits per heavy atom. The number of carbonyl (C=O) groups is 2. The average molecular weight is 201 g/mol. The number of carbonyl (C=O) groups excluding carboxylic acids is 2. The maximum absolute atomic E-state index is 11.2. The normalized spacial score (nSPS) is 12.0. The van der Waals surface area contributed by atoms with Crippen molar-refractivity contribution in [3.63, 3.8) is 0 Å². The van der Waals surface area contributed by atoms with Gasteiger partial charge in [-0.2, -0.15) is 0 Å². The molecule has 0 aromatic carbocycles. The van der Waals surface area contributed by atoms with E-state index in [0.29, 0.717) is 0 Å². The summed E-state index contributed by atoms with van der Waals surface area (Å²) in [5, 5.41) is 2.27. The van der Waals surface area contributed by atoms with Gasteiger partial charge in [-0.15, -0.1) is 0 Å². The molecular formula is C9H15NO4. The lowest BCUT2D eigenvalue weighted by Gasteiger charge is -2.16. The second kappa shape index (κ2) is 6.15. The van der Waals surface area contributed by atoms with Crippen molar-refractivity contribution in [3.05, 3.63) is 12.7 Å². The number of methoxy groups -OCH3 is 1. The molecule has 0 saturated carbocycles. The summed E-state index contributed by atoms with van der Waals surface area (Å²) in [5.41, 5.74) is 0. The highest BCUT2D eigenvalue weighted by Gasteiger charge is 2.21. The molecule has 0 aliphatic carbocycles. The van der Waals surface area contributed by atoms with Crippen molar-refractivity contribution in [2.75, 3.05) is 7.11 Å². The summed E-state index contributed by atoms with van der Waals surface area (Å²) in [6.45, 7) is 6.67. The Balaban J connectivity index is 4.18.